The Morgan fingerprint density at radius 1 is 0.900 bits per heavy atom. The summed E-state index contributed by atoms with van der Waals surface area (Å²) in [4.78, 5) is 11.7. The number of hydrogen-bond donors (Lipinski definition) is 0. The predicted octanol–water partition coefficient (Wildman–Crippen LogP) is 7.48. The van der Waals surface area contributed by atoms with Crippen LogP contribution in [0.5, 0.6) is 0 Å². The summed E-state index contributed by atoms with van der Waals surface area (Å²) in [6.07, 6.45) is 18.2. The molecule has 30 heavy (non-hydrogen) atoms. The number of phosphoric acid groups is 1. The van der Waals surface area contributed by atoms with E-state index in [-0.39, 0.29) is 12.4 Å². The molecular weight excluding hydrogens is 403 g/mol. The highest BCUT2D eigenvalue weighted by Gasteiger charge is 2.33. The number of ether oxygens (including phenoxy) is 1. The van der Waals surface area contributed by atoms with Crippen LogP contribution in [0.3, 0.4) is 0 Å². The van der Waals surface area contributed by atoms with Gasteiger partial charge < -0.3 is 9.26 Å². The Bertz CT molecular complexity index is 546. The Balaban J connectivity index is 2.02. The van der Waals surface area contributed by atoms with Crippen molar-refractivity contribution in [2.75, 3.05) is 20.3 Å². The lowest BCUT2D eigenvalue weighted by molar-refractivity contribution is -0.136. The molecule has 1 atom stereocenters. The van der Waals surface area contributed by atoms with Crippen molar-refractivity contribution in [3.63, 3.8) is 0 Å². The zero-order chi connectivity index (χ0) is 22.1. The van der Waals surface area contributed by atoms with E-state index < -0.39 is 13.8 Å². The molecule has 0 N–H and O–H groups in total. The molecule has 0 saturated heterocycles. The second-order valence-electron chi connectivity index (χ2n) is 8.08. The number of unbranched alkanes of at least 4 members (excludes halogenated alkanes) is 13. The molecule has 0 fully saturated rings. The van der Waals surface area contributed by atoms with Crippen molar-refractivity contribution in [2.24, 2.45) is 0 Å². The molecule has 0 saturated carbocycles. The third-order valence-corrected chi connectivity index (χ3v) is 6.95. The summed E-state index contributed by atoms with van der Waals surface area (Å²) >= 11 is 0. The molecule has 0 aromatic carbocycles. The van der Waals surface area contributed by atoms with Crippen molar-refractivity contribution in [3.8, 4) is 0 Å². The summed E-state index contributed by atoms with van der Waals surface area (Å²) in [5.41, 5.74) is 0.343. The molecule has 1 rings (SSSR count). The highest BCUT2D eigenvalue weighted by molar-refractivity contribution is 7.48. The number of carbonyl (C=O) groups excluding carboxylic acids is 1. The second-order valence-corrected chi connectivity index (χ2v) is 9.67. The minimum Gasteiger partial charge on any atom is -0.466 e. The summed E-state index contributed by atoms with van der Waals surface area (Å²) in [6.45, 7) is 4.29. The molecule has 7 heteroatoms. The number of esters is 1. The molecule has 0 unspecified atom stereocenters. The van der Waals surface area contributed by atoms with Gasteiger partial charge in [0.15, 0.2) is 0 Å². The first-order chi connectivity index (χ1) is 14.5. The minimum atomic E-state index is -3.65. The van der Waals surface area contributed by atoms with Crippen molar-refractivity contribution < 1.29 is 27.7 Å². The molecule has 0 aromatic rings. The van der Waals surface area contributed by atoms with Crippen LogP contribution >= 0.6 is 7.82 Å². The quantitative estimate of drug-likeness (QED) is 0.131. The van der Waals surface area contributed by atoms with Gasteiger partial charge in [0.2, 0.25) is 0 Å². The fourth-order valence-corrected chi connectivity index (χ4v) is 4.88. The summed E-state index contributed by atoms with van der Waals surface area (Å²) in [5, 5.41) is 0. The second kappa shape index (κ2) is 16.8. The lowest BCUT2D eigenvalue weighted by Crippen LogP contribution is -2.07. The van der Waals surface area contributed by atoms with Crippen LogP contribution in [0.25, 0.3) is 0 Å². The van der Waals surface area contributed by atoms with Crippen LogP contribution < -0.4 is 0 Å². The highest BCUT2D eigenvalue weighted by Crippen LogP contribution is 2.53. The Labute approximate surface area is 183 Å². The first-order valence-corrected chi connectivity index (χ1v) is 13.3. The van der Waals surface area contributed by atoms with Gasteiger partial charge in [-0.05, 0) is 13.3 Å². The lowest BCUT2D eigenvalue weighted by atomic mass is 10.0. The zero-order valence-electron chi connectivity index (χ0n) is 19.4. The molecule has 0 aromatic heterocycles. The Morgan fingerprint density at radius 2 is 1.40 bits per heavy atom. The third-order valence-electron chi connectivity index (χ3n) is 5.45. The van der Waals surface area contributed by atoms with Gasteiger partial charge in [0, 0.05) is 6.42 Å². The maximum absolute atomic E-state index is 12.6. The Hall–Kier alpha value is -0.840. The smallest absolute Gasteiger partial charge is 0.466 e. The SMILES string of the molecule is CCCCCCCCCCCCCCCCO[P@]1(=O)OCCC(C(=O)OC)=C(C)O1. The maximum atomic E-state index is 12.6. The molecule has 0 radical (unpaired) electrons. The number of phosphoric ester groups is 1. The van der Waals surface area contributed by atoms with Crippen LogP contribution in [0.2, 0.25) is 0 Å². The molecule has 0 amide bonds. The molecule has 1 heterocycles. The van der Waals surface area contributed by atoms with Crippen LogP contribution in [0.1, 0.15) is 110 Å². The monoisotopic (exact) mass is 446 g/mol. The number of carbonyl (C=O) groups is 1. The van der Waals surface area contributed by atoms with Gasteiger partial charge in [0.05, 0.1) is 25.9 Å². The molecule has 176 valence electrons. The lowest BCUT2D eigenvalue weighted by Gasteiger charge is -2.16. The highest BCUT2D eigenvalue weighted by atomic mass is 31.2. The fourth-order valence-electron chi connectivity index (χ4n) is 3.59. The summed E-state index contributed by atoms with van der Waals surface area (Å²) in [5.74, 6) is -0.236. The predicted molar refractivity (Wildman–Crippen MR) is 120 cm³/mol. The largest absolute Gasteiger partial charge is 0.529 e. The van der Waals surface area contributed by atoms with Crippen molar-refractivity contribution in [2.45, 2.75) is 110 Å². The van der Waals surface area contributed by atoms with Gasteiger partial charge in [-0.1, -0.05) is 90.4 Å². The number of rotatable bonds is 17. The first kappa shape index (κ1) is 27.2. The average molecular weight is 447 g/mol. The van der Waals surface area contributed by atoms with Gasteiger partial charge in [0.1, 0.15) is 5.76 Å². The minimum absolute atomic E-state index is 0.109. The van der Waals surface area contributed by atoms with E-state index in [0.29, 0.717) is 18.6 Å². The van der Waals surface area contributed by atoms with Gasteiger partial charge in [-0.15, -0.1) is 0 Å². The summed E-state index contributed by atoms with van der Waals surface area (Å²) in [7, 11) is -2.35. The van der Waals surface area contributed by atoms with E-state index in [1.54, 1.807) is 6.92 Å². The third kappa shape index (κ3) is 12.1. The van der Waals surface area contributed by atoms with Gasteiger partial charge in [0.25, 0.3) is 0 Å². The van der Waals surface area contributed by atoms with Gasteiger partial charge in [-0.3, -0.25) is 9.05 Å². The Morgan fingerprint density at radius 3 is 1.90 bits per heavy atom. The van der Waals surface area contributed by atoms with Crippen molar-refractivity contribution >= 4 is 13.8 Å². The standard InChI is InChI=1S/C23H43O6P/c1-4-5-6-7-8-9-10-11-12-13-14-15-16-17-19-27-30(25)28-20-18-22(21(2)29-30)23(24)26-3/h4-20H2,1-3H3/t30-/m1/s1. The summed E-state index contributed by atoms with van der Waals surface area (Å²) < 4.78 is 33.3. The first-order valence-electron chi connectivity index (χ1n) is 11.9. The van der Waals surface area contributed by atoms with Crippen LogP contribution in [0.15, 0.2) is 11.3 Å². The molecule has 6 nitrogen and oxygen atoms in total. The van der Waals surface area contributed by atoms with Crippen LogP contribution in [-0.4, -0.2) is 26.3 Å². The Kier molecular flexibility index (Phi) is 15.2. The van der Waals surface area contributed by atoms with Crippen LogP contribution in [-0.2, 0) is 27.7 Å². The fraction of sp³-hybridized carbons (Fsp3) is 0.870. The average Bonchev–Trinajstić information content (AvgIpc) is 2.88. The normalized spacial score (nSPS) is 19.4. The number of methoxy groups -OCH3 is 1. The van der Waals surface area contributed by atoms with Gasteiger partial charge in [-0.25, -0.2) is 9.36 Å². The number of allylic oxidation sites excluding steroid dienone is 1. The van der Waals surface area contributed by atoms with E-state index in [0.717, 1.165) is 19.3 Å². The molecule has 1 aliphatic heterocycles. The van der Waals surface area contributed by atoms with Gasteiger partial charge >= 0.3 is 13.8 Å². The van der Waals surface area contributed by atoms with Crippen molar-refractivity contribution in [3.05, 3.63) is 11.3 Å². The van der Waals surface area contributed by atoms with Gasteiger partial charge in [-0.2, -0.15) is 0 Å². The van der Waals surface area contributed by atoms with Crippen LogP contribution in [0.4, 0.5) is 0 Å². The molecule has 0 aliphatic carbocycles. The van der Waals surface area contributed by atoms with Crippen molar-refractivity contribution in [1.29, 1.82) is 0 Å². The van der Waals surface area contributed by atoms with E-state index in [1.165, 1.54) is 77.7 Å². The van der Waals surface area contributed by atoms with E-state index in [1.807, 2.05) is 0 Å². The van der Waals surface area contributed by atoms with Crippen LogP contribution in [0, 0.1) is 0 Å². The van der Waals surface area contributed by atoms with Crippen molar-refractivity contribution in [1.82, 2.24) is 0 Å². The topological polar surface area (TPSA) is 71.1 Å². The molecular formula is C23H43O6P. The molecule has 1 aliphatic rings. The van der Waals surface area contributed by atoms with E-state index in [9.17, 15) is 9.36 Å². The maximum Gasteiger partial charge on any atom is 0.529 e. The molecule has 0 spiro atoms. The van der Waals surface area contributed by atoms with E-state index in [4.69, 9.17) is 18.3 Å². The molecule has 0 bridgehead atoms. The summed E-state index contributed by atoms with van der Waals surface area (Å²) in [6, 6.07) is 0. The number of hydrogen-bond acceptors (Lipinski definition) is 6. The zero-order valence-corrected chi connectivity index (χ0v) is 20.3. The van der Waals surface area contributed by atoms with E-state index >= 15 is 0 Å². The van der Waals surface area contributed by atoms with E-state index in [2.05, 4.69) is 6.92 Å².